The standard InChI is InChI=1S/C33H44N4O6.C13H12N2/c1-4-17-34-29(38)9-7-11-31(40)36-22-13-15-24-25-16-14-23(37-32(41)12-8-10-30(39)35-18-5-2)20-27(25)28(26(24)19-22)21-43-33(42)6-3;14-10-1-3-12-8(6-10)5-9-7-11(15)2-4-13(9)12/h13-16,19-20,28H,4-12,17-18,21H2,1-3H3,(H,34,38)(H,35,39)(H,36,40)(H,37,41);1-4,6-7H,5,14-15H2. The average molecular weight is 789 g/mol. The molecule has 6 rings (SSSR count). The van der Waals surface area contributed by atoms with Crippen molar-refractivity contribution in [3.8, 4) is 22.3 Å². The Balaban J connectivity index is 0.000000351. The zero-order valence-electron chi connectivity index (χ0n) is 33.8. The van der Waals surface area contributed by atoms with Gasteiger partial charge in [0, 0.05) is 73.9 Å². The zero-order valence-corrected chi connectivity index (χ0v) is 33.8. The second-order valence-electron chi connectivity index (χ2n) is 14.7. The molecule has 0 radical (unpaired) electrons. The summed E-state index contributed by atoms with van der Waals surface area (Å²) in [5.41, 5.74) is 23.4. The number of nitrogens with two attached hydrogens (primary N) is 2. The van der Waals surface area contributed by atoms with E-state index in [1.165, 1.54) is 22.3 Å². The van der Waals surface area contributed by atoms with Gasteiger partial charge in [0.2, 0.25) is 23.6 Å². The number of nitrogen functional groups attached to an aromatic ring is 2. The molecule has 0 saturated carbocycles. The molecule has 12 nitrogen and oxygen atoms in total. The lowest BCUT2D eigenvalue weighted by Crippen LogP contribution is -2.24. The third-order valence-electron chi connectivity index (χ3n) is 10.1. The predicted molar refractivity (Wildman–Crippen MR) is 230 cm³/mol. The summed E-state index contributed by atoms with van der Waals surface area (Å²) in [4.78, 5) is 60.9. The molecule has 306 valence electrons. The van der Waals surface area contributed by atoms with Crippen molar-refractivity contribution in [3.05, 3.63) is 95.1 Å². The zero-order chi connectivity index (χ0) is 41.6. The van der Waals surface area contributed by atoms with E-state index < -0.39 is 0 Å². The molecule has 2 aliphatic carbocycles. The minimum atomic E-state index is -0.310. The molecule has 0 unspecified atom stereocenters. The van der Waals surface area contributed by atoms with Crippen LogP contribution in [0.3, 0.4) is 0 Å². The Kier molecular flexibility index (Phi) is 15.4. The van der Waals surface area contributed by atoms with Gasteiger partial charge in [-0.25, -0.2) is 0 Å². The average Bonchev–Trinajstić information content (AvgIpc) is 3.71. The van der Waals surface area contributed by atoms with Gasteiger partial charge in [-0.1, -0.05) is 45.0 Å². The van der Waals surface area contributed by atoms with Gasteiger partial charge in [0.25, 0.3) is 0 Å². The number of hydrogen-bond donors (Lipinski definition) is 6. The first-order chi connectivity index (χ1) is 28.0. The first kappa shape index (κ1) is 43.0. The van der Waals surface area contributed by atoms with Crippen LogP contribution >= 0.6 is 0 Å². The first-order valence-electron chi connectivity index (χ1n) is 20.3. The number of hydrogen-bond acceptors (Lipinski definition) is 8. The number of carbonyl (C=O) groups excluding carboxylic acids is 5. The SMILES string of the molecule is CCCNC(=O)CCCC(=O)Nc1ccc2c(c1)C(COC(=O)CC)c1cc(NC(=O)CCCC(=O)NCCC)ccc1-2.Nc1ccc2c(c1)Cc1cc(N)ccc1-2. The van der Waals surface area contributed by atoms with Crippen LogP contribution in [0, 0.1) is 0 Å². The summed E-state index contributed by atoms with van der Waals surface area (Å²) >= 11 is 0. The molecule has 0 aromatic heterocycles. The minimum Gasteiger partial charge on any atom is -0.465 e. The molecule has 4 amide bonds. The molecule has 0 aliphatic heterocycles. The molecule has 4 aromatic carbocycles. The van der Waals surface area contributed by atoms with E-state index in [0.29, 0.717) is 50.1 Å². The number of anilines is 4. The fourth-order valence-corrected chi connectivity index (χ4v) is 7.20. The minimum absolute atomic E-state index is 0.0558. The van der Waals surface area contributed by atoms with Crippen molar-refractivity contribution in [2.75, 3.05) is 41.8 Å². The maximum Gasteiger partial charge on any atom is 0.305 e. The van der Waals surface area contributed by atoms with Crippen LogP contribution in [0.15, 0.2) is 72.8 Å². The molecule has 0 bridgehead atoms. The fraction of sp³-hybridized carbons (Fsp3) is 0.370. The summed E-state index contributed by atoms with van der Waals surface area (Å²) in [5, 5.41) is 11.5. The number of amides is 4. The van der Waals surface area contributed by atoms with E-state index in [4.69, 9.17) is 16.2 Å². The van der Waals surface area contributed by atoms with Gasteiger partial charge in [-0.3, -0.25) is 24.0 Å². The molecule has 4 aromatic rings. The van der Waals surface area contributed by atoms with Crippen LogP contribution in [0.2, 0.25) is 0 Å². The fourth-order valence-electron chi connectivity index (χ4n) is 7.20. The predicted octanol–water partition coefficient (Wildman–Crippen LogP) is 7.44. The van der Waals surface area contributed by atoms with Crippen LogP contribution in [0.4, 0.5) is 22.7 Å². The van der Waals surface area contributed by atoms with Gasteiger partial charge in [-0.05, 0) is 125 Å². The summed E-state index contributed by atoms with van der Waals surface area (Å²) in [6, 6.07) is 23.5. The van der Waals surface area contributed by atoms with Crippen LogP contribution in [-0.4, -0.2) is 49.3 Å². The molecule has 12 heteroatoms. The molecule has 8 N–H and O–H groups in total. The molecule has 0 heterocycles. The van der Waals surface area contributed by atoms with E-state index >= 15 is 0 Å². The molecule has 2 aliphatic rings. The molecular formula is C46H56N6O6. The topological polar surface area (TPSA) is 195 Å². The molecular weight excluding hydrogens is 733 g/mol. The van der Waals surface area contributed by atoms with Crippen molar-refractivity contribution in [3.63, 3.8) is 0 Å². The van der Waals surface area contributed by atoms with Gasteiger partial charge < -0.3 is 37.5 Å². The Morgan fingerprint density at radius 1 is 0.586 bits per heavy atom. The second-order valence-corrected chi connectivity index (χ2v) is 14.7. The van der Waals surface area contributed by atoms with E-state index in [1.54, 1.807) is 6.92 Å². The van der Waals surface area contributed by atoms with Gasteiger partial charge in [-0.2, -0.15) is 0 Å². The number of esters is 1. The van der Waals surface area contributed by atoms with Gasteiger partial charge in [0.1, 0.15) is 6.61 Å². The van der Waals surface area contributed by atoms with E-state index in [0.717, 1.165) is 52.9 Å². The Hall–Kier alpha value is -6.17. The van der Waals surface area contributed by atoms with E-state index in [-0.39, 0.29) is 61.4 Å². The summed E-state index contributed by atoms with van der Waals surface area (Å²) < 4.78 is 5.55. The van der Waals surface area contributed by atoms with E-state index in [1.807, 2.05) is 74.5 Å². The van der Waals surface area contributed by atoms with Gasteiger partial charge in [-0.15, -0.1) is 0 Å². The van der Waals surface area contributed by atoms with Crippen LogP contribution in [0.5, 0.6) is 0 Å². The molecule has 0 atom stereocenters. The number of ether oxygens (including phenoxy) is 1. The maximum atomic E-state index is 12.6. The third kappa shape index (κ3) is 11.7. The quantitative estimate of drug-likeness (QED) is 0.0413. The highest BCUT2D eigenvalue weighted by atomic mass is 16.5. The number of rotatable bonds is 17. The molecule has 0 spiro atoms. The molecule has 58 heavy (non-hydrogen) atoms. The van der Waals surface area contributed by atoms with Crippen LogP contribution in [-0.2, 0) is 35.1 Å². The van der Waals surface area contributed by atoms with Gasteiger partial charge in [0.05, 0.1) is 0 Å². The monoisotopic (exact) mass is 788 g/mol. The first-order valence-corrected chi connectivity index (χ1v) is 20.3. The Morgan fingerprint density at radius 2 is 1.02 bits per heavy atom. The Bertz CT molecular complexity index is 1990. The van der Waals surface area contributed by atoms with Crippen LogP contribution < -0.4 is 32.7 Å². The summed E-state index contributed by atoms with van der Waals surface area (Å²) in [6.07, 6.45) is 4.87. The van der Waals surface area contributed by atoms with E-state index in [2.05, 4.69) is 33.4 Å². The number of benzene rings is 4. The van der Waals surface area contributed by atoms with E-state index in [9.17, 15) is 24.0 Å². The van der Waals surface area contributed by atoms with Crippen molar-refractivity contribution in [1.29, 1.82) is 0 Å². The van der Waals surface area contributed by atoms with Crippen molar-refractivity contribution < 1.29 is 28.7 Å². The summed E-state index contributed by atoms with van der Waals surface area (Å²) in [5.74, 6) is -1.06. The lowest BCUT2D eigenvalue weighted by molar-refractivity contribution is -0.143. The van der Waals surface area contributed by atoms with Crippen LogP contribution in [0.1, 0.15) is 107 Å². The smallest absolute Gasteiger partial charge is 0.305 e. The Labute approximate surface area is 340 Å². The molecule has 0 fully saturated rings. The van der Waals surface area contributed by atoms with Crippen molar-refractivity contribution >= 4 is 52.3 Å². The highest BCUT2D eigenvalue weighted by Gasteiger charge is 2.31. The Morgan fingerprint density at radius 3 is 1.45 bits per heavy atom. The summed E-state index contributed by atoms with van der Waals surface area (Å²) in [7, 11) is 0. The highest BCUT2D eigenvalue weighted by Crippen LogP contribution is 2.47. The van der Waals surface area contributed by atoms with Gasteiger partial charge >= 0.3 is 5.97 Å². The number of nitrogens with one attached hydrogen (secondary N) is 4. The highest BCUT2D eigenvalue weighted by molar-refractivity contribution is 5.94. The summed E-state index contributed by atoms with van der Waals surface area (Å²) in [6.45, 7) is 7.09. The molecule has 0 saturated heterocycles. The van der Waals surface area contributed by atoms with Crippen molar-refractivity contribution in [1.82, 2.24) is 10.6 Å². The second kappa shape index (κ2) is 20.8. The van der Waals surface area contributed by atoms with Crippen molar-refractivity contribution in [2.24, 2.45) is 0 Å². The third-order valence-corrected chi connectivity index (χ3v) is 10.1. The lowest BCUT2D eigenvalue weighted by Gasteiger charge is -2.16. The van der Waals surface area contributed by atoms with Gasteiger partial charge in [0.15, 0.2) is 0 Å². The van der Waals surface area contributed by atoms with Crippen LogP contribution in [0.25, 0.3) is 22.3 Å². The van der Waals surface area contributed by atoms with Crippen molar-refractivity contribution in [2.45, 2.75) is 90.9 Å². The number of fused-ring (bicyclic) bond motifs is 6. The lowest BCUT2D eigenvalue weighted by atomic mass is 9.97. The normalized spacial score (nSPS) is 11.8. The largest absolute Gasteiger partial charge is 0.465 e. The maximum absolute atomic E-state index is 12.6. The number of carbonyl (C=O) groups is 5.